The van der Waals surface area contributed by atoms with Gasteiger partial charge in [0.15, 0.2) is 0 Å². The molecule has 3 heteroatoms. The fourth-order valence-corrected chi connectivity index (χ4v) is 5.46. The molecule has 4 atom stereocenters. The highest BCUT2D eigenvalue weighted by atomic mass is 79.9. The number of alkyl halides is 1. The smallest absolute Gasteiger partial charge is 0.225 e. The minimum absolute atomic E-state index is 0.342. The van der Waals surface area contributed by atoms with Gasteiger partial charge in [0.2, 0.25) is 5.91 Å². The van der Waals surface area contributed by atoms with Crippen molar-refractivity contribution < 1.29 is 4.79 Å². The van der Waals surface area contributed by atoms with E-state index in [0.717, 1.165) is 30.1 Å². The number of fused-ring (bicyclic) bond motifs is 1. The first-order valence-electron chi connectivity index (χ1n) is 8.66. The fourth-order valence-electron chi connectivity index (χ4n) is 4.78. The molecule has 3 aliphatic rings. The zero-order valence-electron chi connectivity index (χ0n) is 12.5. The third kappa shape index (κ3) is 3.08. The summed E-state index contributed by atoms with van der Waals surface area (Å²) in [6.45, 7) is 1.000. The first-order chi connectivity index (χ1) is 9.79. The molecule has 2 aliphatic carbocycles. The van der Waals surface area contributed by atoms with E-state index in [-0.39, 0.29) is 0 Å². The molecule has 1 aliphatic heterocycles. The van der Waals surface area contributed by atoms with Crippen LogP contribution in [0.5, 0.6) is 0 Å². The lowest BCUT2D eigenvalue weighted by atomic mass is 9.67. The Bertz CT molecular complexity index is 346. The third-order valence-corrected chi connectivity index (χ3v) is 6.72. The highest BCUT2D eigenvalue weighted by Gasteiger charge is 2.38. The molecule has 2 saturated carbocycles. The topological polar surface area (TPSA) is 20.3 Å². The highest BCUT2D eigenvalue weighted by Crippen LogP contribution is 2.43. The van der Waals surface area contributed by atoms with Crippen LogP contribution < -0.4 is 0 Å². The first-order valence-corrected chi connectivity index (χ1v) is 9.78. The molecule has 0 aromatic rings. The van der Waals surface area contributed by atoms with E-state index in [1.54, 1.807) is 0 Å². The number of amides is 1. The summed E-state index contributed by atoms with van der Waals surface area (Å²) in [5.74, 6) is 2.63. The van der Waals surface area contributed by atoms with Crippen LogP contribution in [-0.2, 0) is 4.79 Å². The number of hydrogen-bond acceptors (Lipinski definition) is 1. The van der Waals surface area contributed by atoms with Gasteiger partial charge in [0.25, 0.3) is 0 Å². The maximum absolute atomic E-state index is 12.9. The number of carbonyl (C=O) groups is 1. The summed E-state index contributed by atoms with van der Waals surface area (Å²) < 4.78 is 0. The summed E-state index contributed by atoms with van der Waals surface area (Å²) in [4.78, 5) is 15.1. The molecule has 0 N–H and O–H groups in total. The summed E-state index contributed by atoms with van der Waals surface area (Å²) in [6, 6.07) is 0.459. The Labute approximate surface area is 131 Å². The lowest BCUT2D eigenvalue weighted by Crippen LogP contribution is -2.48. The minimum Gasteiger partial charge on any atom is -0.339 e. The van der Waals surface area contributed by atoms with Crippen molar-refractivity contribution in [3.05, 3.63) is 0 Å². The number of piperidine rings is 1. The normalized spacial score (nSPS) is 38.4. The van der Waals surface area contributed by atoms with Gasteiger partial charge < -0.3 is 4.90 Å². The molecule has 1 saturated heterocycles. The van der Waals surface area contributed by atoms with Crippen LogP contribution in [0.1, 0.15) is 64.2 Å². The second kappa shape index (κ2) is 6.81. The molecule has 0 spiro atoms. The van der Waals surface area contributed by atoms with Crippen molar-refractivity contribution in [2.24, 2.45) is 17.8 Å². The van der Waals surface area contributed by atoms with Crippen molar-refractivity contribution in [3.63, 3.8) is 0 Å². The zero-order valence-corrected chi connectivity index (χ0v) is 14.1. The predicted octanol–water partition coefficient (Wildman–Crippen LogP) is 4.37. The second-order valence-electron chi connectivity index (χ2n) is 7.15. The van der Waals surface area contributed by atoms with Crippen LogP contribution in [0.25, 0.3) is 0 Å². The van der Waals surface area contributed by atoms with Gasteiger partial charge in [0.05, 0.1) is 0 Å². The molecule has 0 radical (unpaired) electrons. The number of likely N-dealkylation sites (tertiary alicyclic amines) is 1. The van der Waals surface area contributed by atoms with Crippen LogP contribution in [0.15, 0.2) is 0 Å². The molecule has 0 aromatic heterocycles. The van der Waals surface area contributed by atoms with Crippen LogP contribution in [0.4, 0.5) is 0 Å². The summed E-state index contributed by atoms with van der Waals surface area (Å²) in [7, 11) is 0. The molecule has 1 amide bonds. The van der Waals surface area contributed by atoms with Crippen molar-refractivity contribution in [1.82, 2.24) is 4.90 Å². The van der Waals surface area contributed by atoms with Crippen molar-refractivity contribution in [2.45, 2.75) is 70.3 Å². The van der Waals surface area contributed by atoms with Gasteiger partial charge >= 0.3 is 0 Å². The standard InChI is InChI=1S/C17H28BrNO/c18-12-16-7-3-4-10-19(16)17(20)15-9-8-13-5-1-2-6-14(13)11-15/h13-16H,1-12H2. The van der Waals surface area contributed by atoms with Gasteiger partial charge in [0, 0.05) is 23.8 Å². The number of halogens is 1. The molecule has 1 heterocycles. The lowest BCUT2D eigenvalue weighted by molar-refractivity contribution is -0.141. The zero-order chi connectivity index (χ0) is 13.9. The monoisotopic (exact) mass is 341 g/mol. The van der Waals surface area contributed by atoms with Gasteiger partial charge in [-0.3, -0.25) is 4.79 Å². The summed E-state index contributed by atoms with van der Waals surface area (Å²) in [5, 5.41) is 0.956. The van der Waals surface area contributed by atoms with E-state index in [2.05, 4.69) is 20.8 Å². The van der Waals surface area contributed by atoms with Gasteiger partial charge in [0.1, 0.15) is 0 Å². The van der Waals surface area contributed by atoms with E-state index in [0.29, 0.717) is 17.9 Å². The van der Waals surface area contributed by atoms with E-state index in [9.17, 15) is 4.79 Å². The lowest BCUT2D eigenvalue weighted by Gasteiger charge is -2.42. The molecule has 3 fully saturated rings. The van der Waals surface area contributed by atoms with Crippen molar-refractivity contribution >= 4 is 21.8 Å². The number of hydrogen-bond donors (Lipinski definition) is 0. The molecule has 0 aromatic carbocycles. The molecule has 0 bridgehead atoms. The first kappa shape index (κ1) is 14.9. The van der Waals surface area contributed by atoms with Crippen molar-refractivity contribution in [1.29, 1.82) is 0 Å². The van der Waals surface area contributed by atoms with Crippen LogP contribution >= 0.6 is 15.9 Å². The average molecular weight is 342 g/mol. The number of rotatable bonds is 2. The minimum atomic E-state index is 0.342. The van der Waals surface area contributed by atoms with E-state index in [4.69, 9.17) is 0 Å². The van der Waals surface area contributed by atoms with Crippen molar-refractivity contribution in [2.75, 3.05) is 11.9 Å². The SMILES string of the molecule is O=C(C1CCC2CCCCC2C1)N1CCCCC1CBr. The Balaban J connectivity index is 1.61. The molecule has 2 nitrogen and oxygen atoms in total. The van der Waals surface area contributed by atoms with E-state index in [1.165, 1.54) is 57.8 Å². The Morgan fingerprint density at radius 1 is 0.950 bits per heavy atom. The van der Waals surface area contributed by atoms with Crippen LogP contribution in [-0.4, -0.2) is 28.7 Å². The largest absolute Gasteiger partial charge is 0.339 e. The quantitative estimate of drug-likeness (QED) is 0.683. The number of nitrogens with zero attached hydrogens (tertiary/aromatic N) is 1. The molecular formula is C17H28BrNO. The molecular weight excluding hydrogens is 314 g/mol. The maximum atomic E-state index is 12.9. The predicted molar refractivity (Wildman–Crippen MR) is 85.9 cm³/mol. The number of carbonyl (C=O) groups excluding carboxylic acids is 1. The molecule has 20 heavy (non-hydrogen) atoms. The molecule has 3 rings (SSSR count). The Kier molecular flexibility index (Phi) is 5.06. The van der Waals surface area contributed by atoms with E-state index < -0.39 is 0 Å². The van der Waals surface area contributed by atoms with Crippen LogP contribution in [0.3, 0.4) is 0 Å². The Hall–Kier alpha value is -0.0500. The summed E-state index contributed by atoms with van der Waals surface area (Å²) >= 11 is 3.61. The third-order valence-electron chi connectivity index (χ3n) is 5.98. The molecule has 4 unspecified atom stereocenters. The van der Waals surface area contributed by atoms with Gasteiger partial charge in [-0.15, -0.1) is 0 Å². The fraction of sp³-hybridized carbons (Fsp3) is 0.941. The summed E-state index contributed by atoms with van der Waals surface area (Å²) in [5.41, 5.74) is 0. The Morgan fingerprint density at radius 3 is 2.50 bits per heavy atom. The van der Waals surface area contributed by atoms with Crippen molar-refractivity contribution in [3.8, 4) is 0 Å². The van der Waals surface area contributed by atoms with Gasteiger partial charge in [-0.1, -0.05) is 41.6 Å². The average Bonchev–Trinajstić information content (AvgIpc) is 2.53. The van der Waals surface area contributed by atoms with E-state index >= 15 is 0 Å². The maximum Gasteiger partial charge on any atom is 0.225 e. The van der Waals surface area contributed by atoms with E-state index in [1.807, 2.05) is 0 Å². The van der Waals surface area contributed by atoms with Crippen LogP contribution in [0.2, 0.25) is 0 Å². The summed E-state index contributed by atoms with van der Waals surface area (Å²) in [6.07, 6.45) is 13.0. The second-order valence-corrected chi connectivity index (χ2v) is 7.80. The Morgan fingerprint density at radius 2 is 1.70 bits per heavy atom. The highest BCUT2D eigenvalue weighted by molar-refractivity contribution is 9.09. The van der Waals surface area contributed by atoms with Crippen LogP contribution in [0, 0.1) is 17.8 Å². The van der Waals surface area contributed by atoms with Gasteiger partial charge in [-0.05, 0) is 50.4 Å². The van der Waals surface area contributed by atoms with Gasteiger partial charge in [-0.25, -0.2) is 0 Å². The molecule has 114 valence electrons. The van der Waals surface area contributed by atoms with Gasteiger partial charge in [-0.2, -0.15) is 0 Å².